The summed E-state index contributed by atoms with van der Waals surface area (Å²) in [6.07, 6.45) is 2.98. The molecule has 1 aromatic rings. The van der Waals surface area contributed by atoms with Gasteiger partial charge in [-0.05, 0) is 31.9 Å². The number of hydrazine groups is 1. The van der Waals surface area contributed by atoms with Crippen LogP contribution in [0.1, 0.15) is 44.7 Å². The Morgan fingerprint density at radius 2 is 2.13 bits per heavy atom. The van der Waals surface area contributed by atoms with Crippen LogP contribution in [0.25, 0.3) is 0 Å². The van der Waals surface area contributed by atoms with E-state index in [0.29, 0.717) is 11.8 Å². The molecule has 3 N–H and O–H groups in total. The zero-order valence-corrected chi connectivity index (χ0v) is 14.3. The van der Waals surface area contributed by atoms with Gasteiger partial charge in [0.2, 0.25) is 5.91 Å². The Morgan fingerprint density at radius 1 is 1.35 bits per heavy atom. The van der Waals surface area contributed by atoms with Crippen LogP contribution in [-0.2, 0) is 4.79 Å². The van der Waals surface area contributed by atoms with Crippen molar-refractivity contribution in [2.75, 3.05) is 14.2 Å². The molecule has 0 bridgehead atoms. The predicted octanol–water partition coefficient (Wildman–Crippen LogP) is 1.92. The van der Waals surface area contributed by atoms with Gasteiger partial charge in [0.25, 0.3) is 0 Å². The summed E-state index contributed by atoms with van der Waals surface area (Å²) >= 11 is 0. The quantitative estimate of drug-likeness (QED) is 0.716. The third kappa shape index (κ3) is 4.36. The highest BCUT2D eigenvalue weighted by atomic mass is 16.5. The molecule has 2 rings (SSSR count). The Hall–Kier alpha value is -1.79. The van der Waals surface area contributed by atoms with Crippen LogP contribution in [0.5, 0.6) is 11.5 Å². The maximum atomic E-state index is 12.4. The molecule has 23 heavy (non-hydrogen) atoms. The SMILES string of the molecule is CCCC1CC(C(=O)NC(C)c2ccc(OC)cc2OC)NN1. The van der Waals surface area contributed by atoms with E-state index in [1.165, 1.54) is 0 Å². The number of rotatable bonds is 7. The molecule has 0 aliphatic carbocycles. The molecule has 0 spiro atoms. The van der Waals surface area contributed by atoms with Crippen LogP contribution in [0.3, 0.4) is 0 Å². The van der Waals surface area contributed by atoms with E-state index >= 15 is 0 Å². The fourth-order valence-electron chi connectivity index (χ4n) is 2.90. The minimum absolute atomic E-state index is 0.00136. The summed E-state index contributed by atoms with van der Waals surface area (Å²) in [4.78, 5) is 12.4. The number of carbonyl (C=O) groups is 1. The Morgan fingerprint density at radius 3 is 2.78 bits per heavy atom. The van der Waals surface area contributed by atoms with Crippen LogP contribution < -0.4 is 25.6 Å². The highest BCUT2D eigenvalue weighted by Gasteiger charge is 2.29. The summed E-state index contributed by atoms with van der Waals surface area (Å²) in [6, 6.07) is 5.64. The van der Waals surface area contributed by atoms with Crippen molar-refractivity contribution in [1.29, 1.82) is 0 Å². The zero-order chi connectivity index (χ0) is 16.8. The molecule has 6 heteroatoms. The van der Waals surface area contributed by atoms with Gasteiger partial charge in [0, 0.05) is 17.7 Å². The second-order valence-corrected chi connectivity index (χ2v) is 5.90. The van der Waals surface area contributed by atoms with Crippen LogP contribution >= 0.6 is 0 Å². The van der Waals surface area contributed by atoms with Gasteiger partial charge in [0.05, 0.1) is 20.3 Å². The van der Waals surface area contributed by atoms with Crippen molar-refractivity contribution in [1.82, 2.24) is 16.2 Å². The minimum Gasteiger partial charge on any atom is -0.497 e. The normalized spacial score (nSPS) is 21.7. The number of nitrogens with one attached hydrogen (secondary N) is 3. The predicted molar refractivity (Wildman–Crippen MR) is 89.5 cm³/mol. The molecule has 1 aliphatic heterocycles. The lowest BCUT2D eigenvalue weighted by Crippen LogP contribution is -2.44. The maximum Gasteiger partial charge on any atom is 0.239 e. The molecule has 3 unspecified atom stereocenters. The van der Waals surface area contributed by atoms with Crippen molar-refractivity contribution >= 4 is 5.91 Å². The minimum atomic E-state index is -0.196. The molecule has 1 aliphatic rings. The topological polar surface area (TPSA) is 71.6 Å². The molecule has 0 radical (unpaired) electrons. The number of hydrogen-bond acceptors (Lipinski definition) is 5. The summed E-state index contributed by atoms with van der Waals surface area (Å²) in [7, 11) is 3.23. The summed E-state index contributed by atoms with van der Waals surface area (Å²) in [6.45, 7) is 4.10. The first kappa shape index (κ1) is 17.6. The molecule has 6 nitrogen and oxygen atoms in total. The fourth-order valence-corrected chi connectivity index (χ4v) is 2.90. The van der Waals surface area contributed by atoms with Gasteiger partial charge < -0.3 is 14.8 Å². The lowest BCUT2D eigenvalue weighted by atomic mass is 10.0. The average Bonchev–Trinajstić information content (AvgIpc) is 3.03. The Balaban J connectivity index is 1.99. The van der Waals surface area contributed by atoms with Gasteiger partial charge in [0.15, 0.2) is 0 Å². The van der Waals surface area contributed by atoms with Crippen LogP contribution in [0.2, 0.25) is 0 Å². The van der Waals surface area contributed by atoms with E-state index in [1.807, 2.05) is 25.1 Å². The third-order valence-electron chi connectivity index (χ3n) is 4.20. The maximum absolute atomic E-state index is 12.4. The first-order chi connectivity index (χ1) is 11.1. The Bertz CT molecular complexity index is 536. The Kier molecular flexibility index (Phi) is 6.24. The van der Waals surface area contributed by atoms with Gasteiger partial charge >= 0.3 is 0 Å². The van der Waals surface area contributed by atoms with Gasteiger partial charge in [-0.15, -0.1) is 0 Å². The van der Waals surface area contributed by atoms with Gasteiger partial charge in [-0.25, -0.2) is 5.43 Å². The van der Waals surface area contributed by atoms with E-state index in [9.17, 15) is 4.79 Å². The van der Waals surface area contributed by atoms with E-state index in [2.05, 4.69) is 23.1 Å². The smallest absolute Gasteiger partial charge is 0.239 e. The molecule has 1 heterocycles. The van der Waals surface area contributed by atoms with Gasteiger partial charge in [0.1, 0.15) is 17.5 Å². The lowest BCUT2D eigenvalue weighted by molar-refractivity contribution is -0.123. The monoisotopic (exact) mass is 321 g/mol. The molecule has 1 saturated heterocycles. The van der Waals surface area contributed by atoms with Crippen molar-refractivity contribution in [3.63, 3.8) is 0 Å². The molecular formula is C17H27N3O3. The first-order valence-corrected chi connectivity index (χ1v) is 8.12. The fraction of sp³-hybridized carbons (Fsp3) is 0.588. The number of benzene rings is 1. The van der Waals surface area contributed by atoms with E-state index in [4.69, 9.17) is 9.47 Å². The molecule has 1 amide bonds. The molecule has 1 fully saturated rings. The highest BCUT2D eigenvalue weighted by Crippen LogP contribution is 2.29. The van der Waals surface area contributed by atoms with E-state index in [0.717, 1.165) is 30.6 Å². The first-order valence-electron chi connectivity index (χ1n) is 8.12. The molecule has 128 valence electrons. The van der Waals surface area contributed by atoms with Crippen molar-refractivity contribution in [2.24, 2.45) is 0 Å². The average molecular weight is 321 g/mol. The van der Waals surface area contributed by atoms with Crippen molar-refractivity contribution in [2.45, 2.75) is 51.2 Å². The number of ether oxygens (including phenoxy) is 2. The largest absolute Gasteiger partial charge is 0.497 e. The van der Waals surface area contributed by atoms with E-state index < -0.39 is 0 Å². The summed E-state index contributed by atoms with van der Waals surface area (Å²) in [5.41, 5.74) is 7.20. The third-order valence-corrected chi connectivity index (χ3v) is 4.20. The van der Waals surface area contributed by atoms with Gasteiger partial charge in [-0.1, -0.05) is 13.3 Å². The zero-order valence-electron chi connectivity index (χ0n) is 14.3. The second kappa shape index (κ2) is 8.17. The van der Waals surface area contributed by atoms with Crippen LogP contribution in [-0.4, -0.2) is 32.2 Å². The van der Waals surface area contributed by atoms with Crippen molar-refractivity contribution < 1.29 is 14.3 Å². The summed E-state index contributed by atoms with van der Waals surface area (Å²) < 4.78 is 10.6. The van der Waals surface area contributed by atoms with Gasteiger partial charge in [-0.3, -0.25) is 10.2 Å². The van der Waals surface area contributed by atoms with Gasteiger partial charge in [-0.2, -0.15) is 0 Å². The molecular weight excluding hydrogens is 294 g/mol. The van der Waals surface area contributed by atoms with E-state index in [-0.39, 0.29) is 18.0 Å². The van der Waals surface area contributed by atoms with E-state index in [1.54, 1.807) is 14.2 Å². The number of hydrogen-bond donors (Lipinski definition) is 3. The van der Waals surface area contributed by atoms with Crippen molar-refractivity contribution in [3.8, 4) is 11.5 Å². The van der Waals surface area contributed by atoms with Crippen molar-refractivity contribution in [3.05, 3.63) is 23.8 Å². The van der Waals surface area contributed by atoms with Crippen LogP contribution in [0.4, 0.5) is 0 Å². The number of methoxy groups -OCH3 is 2. The summed E-state index contributed by atoms with van der Waals surface area (Å²) in [5, 5.41) is 3.05. The number of amides is 1. The molecule has 0 aromatic heterocycles. The Labute approximate surface area is 137 Å². The standard InChI is InChI=1S/C17H27N3O3/c1-5-6-12-9-15(20-19-12)17(21)18-11(2)14-8-7-13(22-3)10-16(14)23-4/h7-8,10-12,15,19-20H,5-6,9H2,1-4H3,(H,18,21). The summed E-state index contributed by atoms with van der Waals surface area (Å²) in [5.74, 6) is 1.44. The molecule has 3 atom stereocenters. The number of carbonyl (C=O) groups excluding carboxylic acids is 1. The molecule has 0 saturated carbocycles. The molecule has 1 aromatic carbocycles. The van der Waals surface area contributed by atoms with Crippen LogP contribution in [0, 0.1) is 0 Å². The highest BCUT2D eigenvalue weighted by molar-refractivity contribution is 5.82. The second-order valence-electron chi connectivity index (χ2n) is 5.90. The lowest BCUT2D eigenvalue weighted by Gasteiger charge is -2.20. The van der Waals surface area contributed by atoms with Crippen LogP contribution in [0.15, 0.2) is 18.2 Å².